The zero-order valence-corrected chi connectivity index (χ0v) is 18.2. The maximum Gasteiger partial charge on any atom is 0.253 e. The first-order valence-corrected chi connectivity index (χ1v) is 11.9. The van der Waals surface area contributed by atoms with E-state index in [1.165, 1.54) is 0 Å². The molecule has 1 fully saturated rings. The number of carbonyl (C=O) groups is 1. The minimum absolute atomic E-state index is 0.134. The minimum Gasteiger partial charge on any atom is -0.352 e. The molecular weight excluding hydrogens is 424 g/mol. The van der Waals surface area contributed by atoms with Gasteiger partial charge < -0.3 is 9.80 Å². The summed E-state index contributed by atoms with van der Waals surface area (Å²) in [6.07, 6.45) is 1.66. The Morgan fingerprint density at radius 1 is 0.969 bits per heavy atom. The van der Waals surface area contributed by atoms with Gasteiger partial charge in [-0.3, -0.25) is 4.79 Å². The van der Waals surface area contributed by atoms with Crippen LogP contribution in [0.4, 0.5) is 5.82 Å². The van der Waals surface area contributed by atoms with Crippen LogP contribution >= 0.6 is 0 Å². The van der Waals surface area contributed by atoms with Crippen LogP contribution in [0.2, 0.25) is 0 Å². The average molecular weight is 447 g/mol. The number of anilines is 1. The molecule has 2 aromatic carbocycles. The summed E-state index contributed by atoms with van der Waals surface area (Å²) in [7, 11) is -3.49. The van der Waals surface area contributed by atoms with E-state index >= 15 is 0 Å². The number of nitriles is 1. The summed E-state index contributed by atoms with van der Waals surface area (Å²) in [5, 5.41) is 9.29. The normalized spacial score (nSPS) is 14.1. The molecule has 32 heavy (non-hydrogen) atoms. The molecule has 1 aromatic heterocycles. The molecule has 1 aliphatic heterocycles. The Balaban J connectivity index is 1.44. The van der Waals surface area contributed by atoms with Gasteiger partial charge in [-0.15, -0.1) is 0 Å². The zero-order valence-electron chi connectivity index (χ0n) is 17.4. The number of rotatable bonds is 5. The third-order valence-corrected chi connectivity index (χ3v) is 7.11. The van der Waals surface area contributed by atoms with Gasteiger partial charge >= 0.3 is 0 Å². The van der Waals surface area contributed by atoms with Crippen LogP contribution in [-0.2, 0) is 15.6 Å². The van der Waals surface area contributed by atoms with Gasteiger partial charge in [0.25, 0.3) is 5.91 Å². The first kappa shape index (κ1) is 21.5. The third kappa shape index (κ3) is 4.63. The second kappa shape index (κ2) is 9.20. The van der Waals surface area contributed by atoms with Crippen molar-refractivity contribution in [3.05, 3.63) is 89.6 Å². The number of hydrogen-bond donors (Lipinski definition) is 0. The molecule has 0 N–H and O–H groups in total. The topological polar surface area (TPSA) is 94.4 Å². The predicted molar refractivity (Wildman–Crippen MR) is 121 cm³/mol. The summed E-state index contributed by atoms with van der Waals surface area (Å²) < 4.78 is 25.4. The van der Waals surface area contributed by atoms with E-state index < -0.39 is 9.84 Å². The molecule has 1 aliphatic rings. The van der Waals surface area contributed by atoms with Crippen LogP contribution in [0.5, 0.6) is 0 Å². The Labute approximate surface area is 187 Å². The molecule has 1 saturated heterocycles. The molecule has 3 aromatic rings. The van der Waals surface area contributed by atoms with E-state index in [1.54, 1.807) is 77.8 Å². The molecule has 0 saturated carbocycles. The van der Waals surface area contributed by atoms with Crippen LogP contribution in [0.25, 0.3) is 0 Å². The Morgan fingerprint density at radius 3 is 2.44 bits per heavy atom. The highest BCUT2D eigenvalue weighted by molar-refractivity contribution is 7.90. The third-order valence-electron chi connectivity index (χ3n) is 5.41. The van der Waals surface area contributed by atoms with Crippen molar-refractivity contribution in [2.45, 2.75) is 10.6 Å². The fourth-order valence-corrected chi connectivity index (χ4v) is 5.12. The number of sulfone groups is 1. The average Bonchev–Trinajstić information content (AvgIpc) is 2.84. The number of piperazine rings is 1. The first-order valence-electron chi connectivity index (χ1n) is 10.2. The molecule has 2 heterocycles. The van der Waals surface area contributed by atoms with Gasteiger partial charge in [-0.1, -0.05) is 30.3 Å². The highest BCUT2D eigenvalue weighted by Gasteiger charge is 2.24. The smallest absolute Gasteiger partial charge is 0.253 e. The van der Waals surface area contributed by atoms with Gasteiger partial charge in [0.2, 0.25) is 0 Å². The van der Waals surface area contributed by atoms with Gasteiger partial charge in [0.1, 0.15) is 11.9 Å². The highest BCUT2D eigenvalue weighted by Crippen LogP contribution is 2.20. The molecule has 0 radical (unpaired) electrons. The lowest BCUT2D eigenvalue weighted by molar-refractivity contribution is 0.0746. The summed E-state index contributed by atoms with van der Waals surface area (Å²) in [6.45, 7) is 2.12. The van der Waals surface area contributed by atoms with E-state index in [1.807, 2.05) is 4.90 Å². The maximum atomic E-state index is 13.0. The van der Waals surface area contributed by atoms with Gasteiger partial charge in [0, 0.05) is 37.9 Å². The highest BCUT2D eigenvalue weighted by atomic mass is 32.2. The molecule has 0 aliphatic carbocycles. The van der Waals surface area contributed by atoms with E-state index in [0.717, 1.165) is 0 Å². The molecule has 0 bridgehead atoms. The van der Waals surface area contributed by atoms with Crippen LogP contribution in [0, 0.1) is 11.3 Å². The van der Waals surface area contributed by atoms with E-state index in [-0.39, 0.29) is 16.6 Å². The van der Waals surface area contributed by atoms with Gasteiger partial charge in [-0.25, -0.2) is 13.4 Å². The second-order valence-corrected chi connectivity index (χ2v) is 9.53. The van der Waals surface area contributed by atoms with Crippen molar-refractivity contribution in [1.29, 1.82) is 5.26 Å². The lowest BCUT2D eigenvalue weighted by Gasteiger charge is -2.35. The van der Waals surface area contributed by atoms with Crippen molar-refractivity contribution in [1.82, 2.24) is 9.88 Å². The van der Waals surface area contributed by atoms with Crippen molar-refractivity contribution in [3.8, 4) is 6.07 Å². The van der Waals surface area contributed by atoms with Gasteiger partial charge in [0.15, 0.2) is 9.84 Å². The van der Waals surface area contributed by atoms with E-state index in [0.29, 0.717) is 48.7 Å². The largest absolute Gasteiger partial charge is 0.352 e. The Bertz CT molecular complexity index is 1260. The van der Waals surface area contributed by atoms with Crippen molar-refractivity contribution in [2.75, 3.05) is 31.1 Å². The molecule has 8 heteroatoms. The fraction of sp³-hybridized carbons (Fsp3) is 0.208. The number of carbonyl (C=O) groups excluding carboxylic acids is 1. The summed E-state index contributed by atoms with van der Waals surface area (Å²) in [5.74, 6) is 0.336. The van der Waals surface area contributed by atoms with Crippen LogP contribution in [0.15, 0.2) is 77.8 Å². The SMILES string of the molecule is N#Cc1cccnc1N1CCN(C(=O)c2cccc(CS(=O)(=O)c3ccccc3)c2)CC1. The second-order valence-electron chi connectivity index (χ2n) is 7.54. The summed E-state index contributed by atoms with van der Waals surface area (Å²) in [4.78, 5) is 21.4. The Morgan fingerprint density at radius 2 is 1.72 bits per heavy atom. The van der Waals surface area contributed by atoms with Crippen molar-refractivity contribution in [2.24, 2.45) is 0 Å². The van der Waals surface area contributed by atoms with Crippen LogP contribution in [0.3, 0.4) is 0 Å². The van der Waals surface area contributed by atoms with Crippen LogP contribution < -0.4 is 4.90 Å². The molecule has 1 amide bonds. The number of benzene rings is 2. The fourth-order valence-electron chi connectivity index (χ4n) is 3.76. The van der Waals surface area contributed by atoms with Crippen molar-refractivity contribution < 1.29 is 13.2 Å². The number of aromatic nitrogens is 1. The lowest BCUT2D eigenvalue weighted by Crippen LogP contribution is -2.49. The van der Waals surface area contributed by atoms with Crippen molar-refractivity contribution in [3.63, 3.8) is 0 Å². The zero-order chi connectivity index (χ0) is 22.6. The molecule has 0 spiro atoms. The Hall–Kier alpha value is -3.70. The van der Waals surface area contributed by atoms with E-state index in [4.69, 9.17) is 0 Å². The number of nitrogens with zero attached hydrogens (tertiary/aromatic N) is 4. The molecule has 4 rings (SSSR count). The van der Waals surface area contributed by atoms with Crippen molar-refractivity contribution >= 4 is 21.6 Å². The molecule has 0 unspecified atom stereocenters. The summed E-state index contributed by atoms with van der Waals surface area (Å²) in [5.41, 5.74) is 1.56. The first-order chi connectivity index (χ1) is 15.5. The number of pyridine rings is 1. The predicted octanol–water partition coefficient (Wildman–Crippen LogP) is 2.89. The summed E-state index contributed by atoms with van der Waals surface area (Å²) >= 11 is 0. The molecule has 0 atom stereocenters. The van der Waals surface area contributed by atoms with E-state index in [2.05, 4.69) is 11.1 Å². The van der Waals surface area contributed by atoms with Gasteiger partial charge in [0.05, 0.1) is 16.2 Å². The molecule has 7 nitrogen and oxygen atoms in total. The monoisotopic (exact) mass is 446 g/mol. The van der Waals surface area contributed by atoms with Gasteiger partial charge in [-0.05, 0) is 42.0 Å². The lowest BCUT2D eigenvalue weighted by atomic mass is 10.1. The van der Waals surface area contributed by atoms with Crippen LogP contribution in [-0.4, -0.2) is 50.4 Å². The van der Waals surface area contributed by atoms with Crippen LogP contribution in [0.1, 0.15) is 21.5 Å². The van der Waals surface area contributed by atoms with E-state index in [9.17, 15) is 18.5 Å². The molecular formula is C24H22N4O3S. The standard InChI is InChI=1S/C24H22N4O3S/c25-17-21-8-5-11-26-23(21)27-12-14-28(15-13-27)24(29)20-7-4-6-19(16-20)18-32(30,31)22-9-2-1-3-10-22/h1-11,16H,12-15,18H2. The number of hydrogen-bond acceptors (Lipinski definition) is 6. The number of amides is 1. The maximum absolute atomic E-state index is 13.0. The van der Waals surface area contributed by atoms with Gasteiger partial charge in [-0.2, -0.15) is 5.26 Å². The molecule has 162 valence electrons. The summed E-state index contributed by atoms with van der Waals surface area (Å²) in [6, 6.07) is 20.7. The Kier molecular flexibility index (Phi) is 6.19. The quantitative estimate of drug-likeness (QED) is 0.598. The minimum atomic E-state index is -3.49.